The summed E-state index contributed by atoms with van der Waals surface area (Å²) in [4.78, 5) is 10.6. The molecule has 0 unspecified atom stereocenters. The third-order valence-electron chi connectivity index (χ3n) is 2.37. The number of anilines is 1. The molecule has 2 aromatic heterocycles. The van der Waals surface area contributed by atoms with Crippen molar-refractivity contribution >= 4 is 5.82 Å². The van der Waals surface area contributed by atoms with Crippen molar-refractivity contribution in [1.29, 1.82) is 0 Å². The summed E-state index contributed by atoms with van der Waals surface area (Å²) in [5.41, 5.74) is 0. The fraction of sp³-hybridized carbons (Fsp3) is 0.400. The van der Waals surface area contributed by atoms with Gasteiger partial charge in [-0.05, 0) is 6.07 Å². The standard InChI is InChI=1S/C10H11F3N6/c1-19-8(16-6-17-19)3-5-14-7-2-4-15-9(18-7)10(11,12)13/h2,4,6H,3,5H2,1H3,(H,14,15,18). The summed E-state index contributed by atoms with van der Waals surface area (Å²) in [7, 11) is 1.74. The van der Waals surface area contributed by atoms with Crippen LogP contribution in [0, 0.1) is 0 Å². The van der Waals surface area contributed by atoms with E-state index in [0.717, 1.165) is 12.0 Å². The van der Waals surface area contributed by atoms with Crippen LogP contribution in [0.15, 0.2) is 18.6 Å². The molecule has 1 N–H and O–H groups in total. The Balaban J connectivity index is 1.95. The van der Waals surface area contributed by atoms with Gasteiger partial charge in [0.15, 0.2) is 0 Å². The van der Waals surface area contributed by atoms with Gasteiger partial charge in [-0.1, -0.05) is 0 Å². The highest BCUT2D eigenvalue weighted by molar-refractivity contribution is 5.33. The van der Waals surface area contributed by atoms with E-state index in [1.807, 2.05) is 0 Å². The Labute approximate surface area is 106 Å². The fourth-order valence-electron chi connectivity index (χ4n) is 1.44. The molecule has 0 saturated carbocycles. The van der Waals surface area contributed by atoms with Crippen LogP contribution in [0.5, 0.6) is 0 Å². The van der Waals surface area contributed by atoms with Gasteiger partial charge in [0.2, 0.25) is 5.82 Å². The van der Waals surface area contributed by atoms with Crippen molar-refractivity contribution in [3.8, 4) is 0 Å². The minimum Gasteiger partial charge on any atom is -0.370 e. The molecule has 0 amide bonds. The van der Waals surface area contributed by atoms with Gasteiger partial charge in [-0.3, -0.25) is 4.68 Å². The van der Waals surface area contributed by atoms with Crippen LogP contribution in [0.4, 0.5) is 19.0 Å². The second-order valence-electron chi connectivity index (χ2n) is 3.74. The van der Waals surface area contributed by atoms with Gasteiger partial charge in [0.1, 0.15) is 18.0 Å². The Hall–Kier alpha value is -2.19. The lowest BCUT2D eigenvalue weighted by molar-refractivity contribution is -0.144. The molecule has 0 aliphatic heterocycles. The van der Waals surface area contributed by atoms with Crippen LogP contribution in [0.1, 0.15) is 11.6 Å². The third kappa shape index (κ3) is 3.39. The van der Waals surface area contributed by atoms with Crippen LogP contribution in [0.2, 0.25) is 0 Å². The monoisotopic (exact) mass is 272 g/mol. The van der Waals surface area contributed by atoms with Gasteiger partial charge in [0, 0.05) is 26.2 Å². The minimum absolute atomic E-state index is 0.129. The lowest BCUT2D eigenvalue weighted by Gasteiger charge is -2.08. The summed E-state index contributed by atoms with van der Waals surface area (Å²) in [6.45, 7) is 0.404. The highest BCUT2D eigenvalue weighted by Gasteiger charge is 2.34. The summed E-state index contributed by atoms with van der Waals surface area (Å²) in [5.74, 6) is -0.293. The predicted octanol–water partition coefficient (Wildman–Crippen LogP) is 1.28. The first-order valence-electron chi connectivity index (χ1n) is 5.44. The predicted molar refractivity (Wildman–Crippen MR) is 60.2 cm³/mol. The van der Waals surface area contributed by atoms with E-state index in [-0.39, 0.29) is 5.82 Å². The van der Waals surface area contributed by atoms with Gasteiger partial charge in [0.25, 0.3) is 0 Å². The normalized spacial score (nSPS) is 11.6. The van der Waals surface area contributed by atoms with Crippen molar-refractivity contribution < 1.29 is 13.2 Å². The molecule has 0 aliphatic rings. The van der Waals surface area contributed by atoms with E-state index in [1.165, 1.54) is 12.4 Å². The molecular formula is C10H11F3N6. The van der Waals surface area contributed by atoms with Gasteiger partial charge in [-0.2, -0.15) is 18.3 Å². The molecule has 19 heavy (non-hydrogen) atoms. The average molecular weight is 272 g/mol. The first-order chi connectivity index (χ1) is 8.97. The van der Waals surface area contributed by atoms with Gasteiger partial charge in [-0.25, -0.2) is 15.0 Å². The minimum atomic E-state index is -4.54. The summed E-state index contributed by atoms with van der Waals surface area (Å²) >= 11 is 0. The van der Waals surface area contributed by atoms with E-state index in [1.54, 1.807) is 11.7 Å². The summed E-state index contributed by atoms with van der Waals surface area (Å²) in [6.07, 6.45) is -1.52. The number of nitrogens with one attached hydrogen (secondary N) is 1. The van der Waals surface area contributed by atoms with E-state index in [2.05, 4.69) is 25.4 Å². The van der Waals surface area contributed by atoms with Gasteiger partial charge < -0.3 is 5.32 Å². The van der Waals surface area contributed by atoms with Crippen molar-refractivity contribution in [3.05, 3.63) is 30.2 Å². The molecule has 0 radical (unpaired) electrons. The van der Waals surface area contributed by atoms with Gasteiger partial charge in [-0.15, -0.1) is 0 Å². The maximum atomic E-state index is 12.4. The van der Waals surface area contributed by atoms with Crippen LogP contribution < -0.4 is 5.32 Å². The molecule has 0 saturated heterocycles. The van der Waals surface area contributed by atoms with Crippen LogP contribution in [0.25, 0.3) is 0 Å². The maximum Gasteiger partial charge on any atom is 0.451 e. The Kier molecular flexibility index (Phi) is 3.63. The number of alkyl halides is 3. The highest BCUT2D eigenvalue weighted by atomic mass is 19.4. The van der Waals surface area contributed by atoms with Crippen LogP contribution in [0.3, 0.4) is 0 Å². The number of hydrogen-bond acceptors (Lipinski definition) is 5. The van der Waals surface area contributed by atoms with Crippen LogP contribution >= 0.6 is 0 Å². The smallest absolute Gasteiger partial charge is 0.370 e. The number of nitrogens with zero attached hydrogens (tertiary/aromatic N) is 5. The zero-order valence-electron chi connectivity index (χ0n) is 10.0. The van der Waals surface area contributed by atoms with E-state index in [9.17, 15) is 13.2 Å². The number of halogens is 3. The molecule has 0 aliphatic carbocycles. The number of aryl methyl sites for hydroxylation is 1. The van der Waals surface area contributed by atoms with Gasteiger partial charge >= 0.3 is 6.18 Å². The summed E-state index contributed by atoms with van der Waals surface area (Å²) < 4.78 is 38.8. The topological polar surface area (TPSA) is 68.5 Å². The van der Waals surface area contributed by atoms with E-state index in [4.69, 9.17) is 0 Å². The lowest BCUT2D eigenvalue weighted by atomic mass is 10.4. The quantitative estimate of drug-likeness (QED) is 0.908. The number of rotatable bonds is 4. The molecule has 2 rings (SSSR count). The summed E-state index contributed by atoms with van der Waals surface area (Å²) in [5, 5.41) is 6.68. The van der Waals surface area contributed by atoms with Crippen LogP contribution in [-0.4, -0.2) is 31.3 Å². The van der Waals surface area contributed by atoms with Crippen molar-refractivity contribution in [3.63, 3.8) is 0 Å². The van der Waals surface area contributed by atoms with Crippen molar-refractivity contribution in [1.82, 2.24) is 24.7 Å². The van der Waals surface area contributed by atoms with E-state index >= 15 is 0 Å². The third-order valence-corrected chi connectivity index (χ3v) is 2.37. The molecule has 2 aromatic rings. The molecule has 9 heteroatoms. The van der Waals surface area contributed by atoms with Crippen LogP contribution in [-0.2, 0) is 19.6 Å². The molecule has 2 heterocycles. The Morgan fingerprint density at radius 2 is 2.11 bits per heavy atom. The largest absolute Gasteiger partial charge is 0.451 e. The average Bonchev–Trinajstić information content (AvgIpc) is 2.75. The molecule has 0 fully saturated rings. The van der Waals surface area contributed by atoms with Crippen molar-refractivity contribution in [2.75, 3.05) is 11.9 Å². The Bertz CT molecular complexity index is 550. The number of aromatic nitrogens is 5. The lowest BCUT2D eigenvalue weighted by Crippen LogP contribution is -2.14. The highest BCUT2D eigenvalue weighted by Crippen LogP contribution is 2.26. The van der Waals surface area contributed by atoms with E-state index < -0.39 is 12.0 Å². The molecule has 0 atom stereocenters. The molecule has 102 valence electrons. The maximum absolute atomic E-state index is 12.4. The first kappa shape index (κ1) is 13.2. The number of hydrogen-bond donors (Lipinski definition) is 1. The van der Waals surface area contributed by atoms with Crippen molar-refractivity contribution in [2.45, 2.75) is 12.6 Å². The second-order valence-corrected chi connectivity index (χ2v) is 3.74. The first-order valence-corrected chi connectivity index (χ1v) is 5.44. The molecule has 0 spiro atoms. The Morgan fingerprint density at radius 1 is 1.32 bits per heavy atom. The zero-order chi connectivity index (χ0) is 13.9. The zero-order valence-corrected chi connectivity index (χ0v) is 10.0. The molecular weight excluding hydrogens is 261 g/mol. The SMILES string of the molecule is Cn1ncnc1CCNc1ccnc(C(F)(F)F)n1. The fourth-order valence-corrected chi connectivity index (χ4v) is 1.44. The van der Waals surface area contributed by atoms with Gasteiger partial charge in [0.05, 0.1) is 0 Å². The molecule has 6 nitrogen and oxygen atoms in total. The molecule has 0 aromatic carbocycles. The van der Waals surface area contributed by atoms with Crippen molar-refractivity contribution in [2.24, 2.45) is 7.05 Å². The van der Waals surface area contributed by atoms with E-state index in [0.29, 0.717) is 13.0 Å². The Morgan fingerprint density at radius 3 is 2.74 bits per heavy atom. The summed E-state index contributed by atoms with van der Waals surface area (Å²) in [6, 6.07) is 1.38. The molecule has 0 bridgehead atoms. The second kappa shape index (κ2) is 5.21.